The molecule has 2 aliphatic rings. The highest BCUT2D eigenvalue weighted by Crippen LogP contribution is 2.65. The van der Waals surface area contributed by atoms with E-state index in [0.29, 0.717) is 0 Å². The summed E-state index contributed by atoms with van der Waals surface area (Å²) in [6.45, 7) is 15.9. The standard InChI is InChI=1S/C15H31Si2/c1-13-8-9-14(2)15(12-13)16(3,4)10-7-11-17(15,5)6/h8,13-14H,7,9-12H2,1-6H3/q+1. The Labute approximate surface area is 111 Å². The highest BCUT2D eigenvalue weighted by molar-refractivity contribution is 7.00. The van der Waals surface area contributed by atoms with E-state index in [-0.39, 0.29) is 0 Å². The molecule has 1 aliphatic heterocycles. The van der Waals surface area contributed by atoms with E-state index in [4.69, 9.17) is 0 Å². The van der Waals surface area contributed by atoms with Crippen LogP contribution in [0.4, 0.5) is 0 Å². The van der Waals surface area contributed by atoms with Crippen LogP contribution in [0.3, 0.4) is 0 Å². The topological polar surface area (TPSA) is 0 Å². The fraction of sp³-hybridized carbons (Fsp3) is 0.933. The van der Waals surface area contributed by atoms with Crippen LogP contribution in [-0.4, -0.2) is 16.1 Å². The van der Waals surface area contributed by atoms with Crippen LogP contribution in [0.5, 0.6) is 0 Å². The van der Waals surface area contributed by atoms with Crippen molar-refractivity contribution in [2.24, 2.45) is 11.8 Å². The van der Waals surface area contributed by atoms with E-state index in [1.54, 1.807) is 18.5 Å². The summed E-state index contributed by atoms with van der Waals surface area (Å²) in [6, 6.07) is 3.20. The summed E-state index contributed by atoms with van der Waals surface area (Å²) in [5, 5.41) is 0. The molecule has 0 bridgehead atoms. The first-order valence-electron chi connectivity index (χ1n) is 7.56. The molecule has 0 aromatic carbocycles. The Bertz CT molecular complexity index is 277. The Kier molecular flexibility index (Phi) is 3.36. The Balaban J connectivity index is 2.46. The molecule has 1 saturated heterocycles. The first kappa shape index (κ1) is 13.7. The molecule has 2 heteroatoms. The van der Waals surface area contributed by atoms with Crippen LogP contribution in [0, 0.1) is 18.3 Å². The second kappa shape index (κ2) is 4.16. The first-order valence-corrected chi connectivity index (χ1v) is 14.0. The van der Waals surface area contributed by atoms with Crippen LogP contribution in [0.25, 0.3) is 0 Å². The monoisotopic (exact) mass is 267 g/mol. The molecule has 0 aromatic rings. The molecule has 2 atom stereocenters. The van der Waals surface area contributed by atoms with Crippen molar-refractivity contribution in [1.82, 2.24) is 0 Å². The van der Waals surface area contributed by atoms with Crippen molar-refractivity contribution >= 4 is 16.1 Å². The summed E-state index contributed by atoms with van der Waals surface area (Å²) in [5.41, 5.74) is 0. The van der Waals surface area contributed by atoms with Gasteiger partial charge in [0.2, 0.25) is 0 Å². The Hall–Kier alpha value is 0.304. The smallest absolute Gasteiger partial charge is 0.0691 e. The normalized spacial score (nSPS) is 38.7. The third-order valence-corrected chi connectivity index (χ3v) is 19.9. The summed E-state index contributed by atoms with van der Waals surface area (Å²) in [4.78, 5) is 0. The van der Waals surface area contributed by atoms with E-state index in [9.17, 15) is 0 Å². The lowest BCUT2D eigenvalue weighted by atomic mass is 9.82. The fourth-order valence-corrected chi connectivity index (χ4v) is 21.7. The minimum Gasteiger partial charge on any atom is -0.0691 e. The summed E-state index contributed by atoms with van der Waals surface area (Å²) in [6.07, 6.45) is 7.09. The van der Waals surface area contributed by atoms with Gasteiger partial charge in [-0.05, 0) is 23.9 Å². The third kappa shape index (κ3) is 1.86. The fourth-order valence-electron chi connectivity index (χ4n) is 5.65. The van der Waals surface area contributed by atoms with E-state index < -0.39 is 16.1 Å². The summed E-state index contributed by atoms with van der Waals surface area (Å²) in [7, 11) is -2.08. The quantitative estimate of drug-likeness (QED) is 0.409. The zero-order valence-corrected chi connectivity index (χ0v) is 14.8. The Morgan fingerprint density at radius 3 is 2.06 bits per heavy atom. The molecule has 0 aromatic heterocycles. The van der Waals surface area contributed by atoms with Gasteiger partial charge in [-0.3, -0.25) is 0 Å². The van der Waals surface area contributed by atoms with Gasteiger partial charge < -0.3 is 0 Å². The van der Waals surface area contributed by atoms with Gasteiger partial charge >= 0.3 is 0 Å². The lowest BCUT2D eigenvalue weighted by Crippen LogP contribution is -2.64. The second-order valence-electron chi connectivity index (χ2n) is 8.15. The molecule has 2 unspecified atom stereocenters. The van der Waals surface area contributed by atoms with Crippen molar-refractivity contribution in [3.8, 4) is 0 Å². The van der Waals surface area contributed by atoms with Crippen LogP contribution in [0.2, 0.25) is 42.9 Å². The van der Waals surface area contributed by atoms with Crippen LogP contribution < -0.4 is 0 Å². The first-order chi connectivity index (χ1) is 7.73. The molecule has 1 aliphatic carbocycles. The SMILES string of the molecule is CC1[CH+]CC(C)C2(C1)[Si](C)(C)CCC[Si]2(C)C. The lowest BCUT2D eigenvalue weighted by molar-refractivity contribution is 0.319. The molecule has 2 fully saturated rings. The minimum absolute atomic E-state index is 0.826. The molecule has 98 valence electrons. The highest BCUT2D eigenvalue weighted by Gasteiger charge is 2.63. The average Bonchev–Trinajstić information content (AvgIpc) is 2.18. The molecule has 0 radical (unpaired) electrons. The number of hydrogen-bond donors (Lipinski definition) is 0. The zero-order valence-electron chi connectivity index (χ0n) is 12.8. The molecule has 0 N–H and O–H groups in total. The minimum atomic E-state index is -1.04. The van der Waals surface area contributed by atoms with Gasteiger partial charge in [0.1, 0.15) is 0 Å². The highest BCUT2D eigenvalue weighted by atomic mass is 28.4. The van der Waals surface area contributed by atoms with Crippen molar-refractivity contribution < 1.29 is 0 Å². The molecule has 2 rings (SSSR count). The number of rotatable bonds is 0. The molecule has 0 nitrogen and oxygen atoms in total. The van der Waals surface area contributed by atoms with Gasteiger partial charge in [0, 0.05) is 0 Å². The molecule has 1 heterocycles. The van der Waals surface area contributed by atoms with Gasteiger partial charge in [0.25, 0.3) is 0 Å². The second-order valence-corrected chi connectivity index (χ2v) is 19.0. The Morgan fingerprint density at radius 1 is 1.00 bits per heavy atom. The van der Waals surface area contributed by atoms with Crippen molar-refractivity contribution in [1.29, 1.82) is 0 Å². The van der Waals surface area contributed by atoms with Gasteiger partial charge in [-0.25, -0.2) is 0 Å². The molecular weight excluding hydrogens is 236 g/mol. The van der Waals surface area contributed by atoms with Crippen molar-refractivity contribution in [3.05, 3.63) is 6.42 Å². The van der Waals surface area contributed by atoms with Crippen LogP contribution in [-0.2, 0) is 0 Å². The van der Waals surface area contributed by atoms with Gasteiger partial charge in [-0.15, -0.1) is 0 Å². The van der Waals surface area contributed by atoms with E-state index in [1.165, 1.54) is 12.8 Å². The van der Waals surface area contributed by atoms with Crippen LogP contribution in [0.1, 0.15) is 33.1 Å². The van der Waals surface area contributed by atoms with Crippen LogP contribution in [0.15, 0.2) is 0 Å². The molecule has 17 heavy (non-hydrogen) atoms. The maximum absolute atomic E-state index is 2.72. The van der Waals surface area contributed by atoms with Gasteiger partial charge in [0.05, 0.1) is 34.9 Å². The van der Waals surface area contributed by atoms with Crippen molar-refractivity contribution in [2.75, 3.05) is 0 Å². The van der Waals surface area contributed by atoms with Crippen molar-refractivity contribution in [3.63, 3.8) is 0 Å². The molecule has 1 saturated carbocycles. The van der Waals surface area contributed by atoms with E-state index in [0.717, 1.165) is 16.5 Å². The predicted octanol–water partition coefficient (Wildman–Crippen LogP) is 5.36. The maximum Gasteiger partial charge on any atom is 0.0949 e. The van der Waals surface area contributed by atoms with Crippen LogP contribution >= 0.6 is 0 Å². The van der Waals surface area contributed by atoms with Gasteiger partial charge in [-0.2, -0.15) is 0 Å². The van der Waals surface area contributed by atoms with Gasteiger partial charge in [0.15, 0.2) is 0 Å². The summed E-state index contributed by atoms with van der Waals surface area (Å²) in [5.74, 6) is 1.85. The zero-order chi connectivity index (χ0) is 12.9. The average molecular weight is 268 g/mol. The molecular formula is C15H31Si2+. The van der Waals surface area contributed by atoms with E-state index in [2.05, 4.69) is 46.5 Å². The largest absolute Gasteiger partial charge is 0.0949 e. The van der Waals surface area contributed by atoms with E-state index >= 15 is 0 Å². The lowest BCUT2D eigenvalue weighted by Gasteiger charge is -2.62. The summed E-state index contributed by atoms with van der Waals surface area (Å²) < 4.78 is 0.826. The molecule has 1 spiro atoms. The summed E-state index contributed by atoms with van der Waals surface area (Å²) >= 11 is 0. The Morgan fingerprint density at radius 2 is 1.53 bits per heavy atom. The molecule has 0 amide bonds. The predicted molar refractivity (Wildman–Crippen MR) is 83.8 cm³/mol. The third-order valence-electron chi connectivity index (χ3n) is 6.40. The van der Waals surface area contributed by atoms with E-state index in [1.807, 2.05) is 0 Å². The number of hydrogen-bond acceptors (Lipinski definition) is 0. The van der Waals surface area contributed by atoms with Crippen molar-refractivity contribution in [2.45, 2.75) is 76.0 Å². The van der Waals surface area contributed by atoms with Gasteiger partial charge in [-0.1, -0.05) is 51.6 Å². The maximum atomic E-state index is 2.72.